The Morgan fingerprint density at radius 2 is 0.630 bits per heavy atom. The number of hydrogen-bond acceptors (Lipinski definition) is 8. The van der Waals surface area contributed by atoms with Crippen molar-refractivity contribution in [1.82, 2.24) is 0 Å². The SMILES string of the molecule is CCCCC/C=C\C/C=C\C/C=C\C/C=C\CCCC(=O)OC(CO)CO.CCCCC/C=C\C/C=C\C/C=C\C/C=C\CCCC(=O)OC(CO)CO. The maximum Gasteiger partial charge on any atom is 0.306 e. The summed E-state index contributed by atoms with van der Waals surface area (Å²) in [6, 6.07) is 0. The van der Waals surface area contributed by atoms with Gasteiger partial charge >= 0.3 is 11.9 Å². The summed E-state index contributed by atoms with van der Waals surface area (Å²) in [4.78, 5) is 22.9. The minimum atomic E-state index is -0.797. The van der Waals surface area contributed by atoms with E-state index >= 15 is 0 Å². The number of allylic oxidation sites excluding steroid dienone is 16. The van der Waals surface area contributed by atoms with Crippen molar-refractivity contribution in [3.05, 3.63) is 97.2 Å². The largest absolute Gasteiger partial charge is 0.457 e. The lowest BCUT2D eigenvalue weighted by Gasteiger charge is -2.11. The predicted octanol–water partition coefficient (Wildman–Crippen LogP) is 10.1. The van der Waals surface area contributed by atoms with Crippen molar-refractivity contribution >= 4 is 11.9 Å². The summed E-state index contributed by atoms with van der Waals surface area (Å²) < 4.78 is 9.79. The number of esters is 2. The number of aliphatic hydroxyl groups is 4. The molecule has 0 aliphatic heterocycles. The van der Waals surface area contributed by atoms with E-state index < -0.39 is 12.2 Å². The predicted molar refractivity (Wildman–Crippen MR) is 225 cm³/mol. The molecule has 0 aliphatic carbocycles. The molecule has 308 valence electrons. The number of rotatable bonds is 34. The summed E-state index contributed by atoms with van der Waals surface area (Å²) in [5, 5.41) is 35.3. The third kappa shape index (κ3) is 43.1. The second-order valence-corrected chi connectivity index (χ2v) is 12.9. The first-order valence-electron chi connectivity index (χ1n) is 20.5. The molecule has 0 atom stereocenters. The highest BCUT2D eigenvalue weighted by atomic mass is 16.6. The second kappa shape index (κ2) is 45.9. The van der Waals surface area contributed by atoms with E-state index in [2.05, 4.69) is 111 Å². The van der Waals surface area contributed by atoms with Crippen molar-refractivity contribution in [2.45, 2.75) is 154 Å². The lowest BCUT2D eigenvalue weighted by atomic mass is 10.2. The molecule has 0 saturated heterocycles. The van der Waals surface area contributed by atoms with E-state index in [-0.39, 0.29) is 38.4 Å². The monoisotopic (exact) mass is 757 g/mol. The van der Waals surface area contributed by atoms with Crippen molar-refractivity contribution in [1.29, 1.82) is 0 Å². The first kappa shape index (κ1) is 52.8. The van der Waals surface area contributed by atoms with Crippen molar-refractivity contribution in [3.8, 4) is 0 Å². The molecule has 8 nitrogen and oxygen atoms in total. The van der Waals surface area contributed by atoms with E-state index in [0.29, 0.717) is 25.7 Å². The molecule has 0 bridgehead atoms. The highest BCUT2D eigenvalue weighted by Crippen LogP contribution is 2.05. The zero-order chi connectivity index (χ0) is 40.0. The van der Waals surface area contributed by atoms with E-state index in [9.17, 15) is 9.59 Å². The zero-order valence-corrected chi connectivity index (χ0v) is 33.8. The minimum Gasteiger partial charge on any atom is -0.457 e. The van der Waals surface area contributed by atoms with Gasteiger partial charge in [-0.05, 0) is 89.9 Å². The van der Waals surface area contributed by atoms with E-state index in [1.54, 1.807) is 0 Å². The summed E-state index contributed by atoms with van der Waals surface area (Å²) in [5.41, 5.74) is 0. The van der Waals surface area contributed by atoms with E-state index in [1.165, 1.54) is 51.4 Å². The van der Waals surface area contributed by atoms with Gasteiger partial charge in [-0.3, -0.25) is 9.59 Å². The lowest BCUT2D eigenvalue weighted by molar-refractivity contribution is -0.154. The fourth-order valence-corrected chi connectivity index (χ4v) is 4.60. The summed E-state index contributed by atoms with van der Waals surface area (Å²) in [5.74, 6) is -0.752. The molecular weight excluding hydrogens is 680 g/mol. The molecule has 0 fully saturated rings. The Hall–Kier alpha value is -3.30. The number of carbonyl (C=O) groups excluding carboxylic acids is 2. The van der Waals surface area contributed by atoms with Crippen LogP contribution < -0.4 is 0 Å². The molecule has 0 aliphatic rings. The van der Waals surface area contributed by atoms with Crippen LogP contribution >= 0.6 is 0 Å². The van der Waals surface area contributed by atoms with Crippen LogP contribution in [0.15, 0.2) is 97.2 Å². The first-order valence-corrected chi connectivity index (χ1v) is 20.5. The van der Waals surface area contributed by atoms with Gasteiger partial charge in [-0.2, -0.15) is 0 Å². The quantitative estimate of drug-likeness (QED) is 0.0290. The van der Waals surface area contributed by atoms with Gasteiger partial charge in [-0.1, -0.05) is 137 Å². The normalized spacial score (nSPS) is 12.4. The summed E-state index contributed by atoms with van der Waals surface area (Å²) in [6.45, 7) is 3.06. The van der Waals surface area contributed by atoms with Crippen molar-refractivity contribution < 1.29 is 39.5 Å². The Morgan fingerprint density at radius 3 is 0.870 bits per heavy atom. The van der Waals surface area contributed by atoms with Crippen LogP contribution in [0, 0.1) is 0 Å². The Kier molecular flexibility index (Phi) is 44.8. The van der Waals surface area contributed by atoms with Crippen LogP contribution in [-0.4, -0.2) is 71.0 Å². The molecule has 0 spiro atoms. The fraction of sp³-hybridized carbons (Fsp3) is 0.609. The Balaban J connectivity index is 0. The van der Waals surface area contributed by atoms with Gasteiger partial charge in [0.2, 0.25) is 0 Å². The molecule has 54 heavy (non-hydrogen) atoms. The number of aliphatic hydroxyl groups excluding tert-OH is 4. The van der Waals surface area contributed by atoms with E-state index in [0.717, 1.165) is 51.4 Å². The van der Waals surface area contributed by atoms with Crippen molar-refractivity contribution in [2.75, 3.05) is 26.4 Å². The molecule has 0 unspecified atom stereocenters. The molecular formula is C46H76O8. The summed E-state index contributed by atoms with van der Waals surface area (Å²) in [7, 11) is 0. The summed E-state index contributed by atoms with van der Waals surface area (Å²) in [6.07, 6.45) is 52.7. The fourth-order valence-electron chi connectivity index (χ4n) is 4.60. The minimum absolute atomic E-state index is 0.300. The number of unbranched alkanes of at least 4 members (excludes halogenated alkanes) is 8. The molecule has 0 amide bonds. The van der Waals surface area contributed by atoms with Crippen LogP contribution in [-0.2, 0) is 19.1 Å². The molecule has 8 heteroatoms. The lowest BCUT2D eigenvalue weighted by Crippen LogP contribution is -2.25. The van der Waals surface area contributed by atoms with Gasteiger partial charge in [0.25, 0.3) is 0 Å². The molecule has 0 rings (SSSR count). The maximum atomic E-state index is 11.4. The Morgan fingerprint density at radius 1 is 0.389 bits per heavy atom. The highest BCUT2D eigenvalue weighted by Gasteiger charge is 2.12. The number of ether oxygens (including phenoxy) is 2. The average molecular weight is 757 g/mol. The molecule has 0 saturated carbocycles. The second-order valence-electron chi connectivity index (χ2n) is 12.9. The Bertz CT molecular complexity index is 975. The van der Waals surface area contributed by atoms with Crippen LogP contribution in [0.3, 0.4) is 0 Å². The maximum absolute atomic E-state index is 11.4. The zero-order valence-electron chi connectivity index (χ0n) is 33.8. The van der Waals surface area contributed by atoms with Gasteiger partial charge in [-0.15, -0.1) is 0 Å². The van der Waals surface area contributed by atoms with Crippen LogP contribution in [0.25, 0.3) is 0 Å². The van der Waals surface area contributed by atoms with Crippen LogP contribution in [0.1, 0.15) is 142 Å². The van der Waals surface area contributed by atoms with Gasteiger partial charge in [0.1, 0.15) is 12.2 Å². The number of carbonyl (C=O) groups is 2. The van der Waals surface area contributed by atoms with Gasteiger partial charge in [0, 0.05) is 12.8 Å². The van der Waals surface area contributed by atoms with Crippen LogP contribution in [0.5, 0.6) is 0 Å². The third-order valence-electron chi connectivity index (χ3n) is 7.83. The molecule has 0 aromatic rings. The summed E-state index contributed by atoms with van der Waals surface area (Å²) >= 11 is 0. The van der Waals surface area contributed by atoms with Gasteiger partial charge in [0.15, 0.2) is 0 Å². The van der Waals surface area contributed by atoms with Gasteiger partial charge in [0.05, 0.1) is 26.4 Å². The average Bonchev–Trinajstić information content (AvgIpc) is 3.18. The molecule has 4 N–H and O–H groups in total. The van der Waals surface area contributed by atoms with E-state index in [1.807, 2.05) is 0 Å². The molecule has 0 heterocycles. The van der Waals surface area contributed by atoms with Crippen molar-refractivity contribution in [3.63, 3.8) is 0 Å². The standard InChI is InChI=1S/2C23H38O4/c2*1-2-3-4-5-6-7-8-9-10-11-12-13-14-15-16-17-18-19-23(26)27-22(20-24)21-25/h2*6-7,9-10,12-13,15-16,22,24-25H,2-5,8,11,14,17-21H2,1H3/b2*7-6-,10-9-,13-12-,16-15-. The molecule has 0 radical (unpaired) electrons. The smallest absolute Gasteiger partial charge is 0.306 e. The molecule has 0 aromatic carbocycles. The number of hydrogen-bond donors (Lipinski definition) is 4. The van der Waals surface area contributed by atoms with Crippen molar-refractivity contribution in [2.24, 2.45) is 0 Å². The highest BCUT2D eigenvalue weighted by molar-refractivity contribution is 5.69. The Labute approximate surface area is 328 Å². The topological polar surface area (TPSA) is 134 Å². The van der Waals surface area contributed by atoms with Gasteiger partial charge in [-0.25, -0.2) is 0 Å². The van der Waals surface area contributed by atoms with Crippen LogP contribution in [0.2, 0.25) is 0 Å². The van der Waals surface area contributed by atoms with Gasteiger partial charge < -0.3 is 29.9 Å². The molecule has 0 aromatic heterocycles. The van der Waals surface area contributed by atoms with E-state index in [4.69, 9.17) is 29.9 Å². The first-order chi connectivity index (χ1) is 26.5. The van der Waals surface area contributed by atoms with Crippen LogP contribution in [0.4, 0.5) is 0 Å². The third-order valence-corrected chi connectivity index (χ3v) is 7.83.